The molecule has 0 aliphatic carbocycles. The molecule has 2 aromatic carbocycles. The van der Waals surface area contributed by atoms with Crippen LogP contribution in [-0.4, -0.2) is 29.1 Å². The lowest BCUT2D eigenvalue weighted by Gasteiger charge is -2.36. The van der Waals surface area contributed by atoms with Crippen molar-refractivity contribution in [3.05, 3.63) is 93.7 Å². The summed E-state index contributed by atoms with van der Waals surface area (Å²) in [5.74, 6) is -0.0818. The molecule has 0 radical (unpaired) electrons. The molecule has 1 N–H and O–H groups in total. The number of hydrogen-bond donors (Lipinski definition) is 1. The van der Waals surface area contributed by atoms with Crippen molar-refractivity contribution < 1.29 is 14.3 Å². The lowest BCUT2D eigenvalue weighted by atomic mass is 9.91. The summed E-state index contributed by atoms with van der Waals surface area (Å²) < 4.78 is 5.20. The highest BCUT2D eigenvalue weighted by atomic mass is 32.2. The van der Waals surface area contributed by atoms with Gasteiger partial charge < -0.3 is 15.0 Å². The highest BCUT2D eigenvalue weighted by Gasteiger charge is 2.41. The minimum Gasteiger partial charge on any atom is -0.466 e. The third kappa shape index (κ3) is 5.26. The van der Waals surface area contributed by atoms with Crippen molar-refractivity contribution in [1.82, 2.24) is 10.2 Å². The van der Waals surface area contributed by atoms with E-state index in [9.17, 15) is 9.59 Å². The molecule has 0 saturated heterocycles. The Labute approximate surface area is 217 Å². The summed E-state index contributed by atoms with van der Waals surface area (Å²) in [5.41, 5.74) is 5.29. The van der Waals surface area contributed by atoms with E-state index in [1.54, 1.807) is 0 Å². The number of amidine groups is 1. The first-order valence-corrected chi connectivity index (χ1v) is 13.2. The van der Waals surface area contributed by atoms with Gasteiger partial charge in [0.2, 0.25) is 5.91 Å². The minimum atomic E-state index is -0.415. The molecule has 0 fully saturated rings. The number of carbonyl (C=O) groups is 2. The van der Waals surface area contributed by atoms with Crippen LogP contribution in [0.3, 0.4) is 0 Å². The Kier molecular flexibility index (Phi) is 7.99. The molecule has 0 aromatic heterocycles. The quantitative estimate of drug-likeness (QED) is 0.433. The van der Waals surface area contributed by atoms with Crippen molar-refractivity contribution in [3.8, 4) is 0 Å². The molecule has 7 heteroatoms. The van der Waals surface area contributed by atoms with Crippen LogP contribution in [-0.2, 0) is 14.3 Å². The standard InChI is InChI=1S/C29H33N3O3S/c1-6-24-26(28(34)35-5)27(22-14-12-20(13-15-22)18(2)3)32-23(17-36-29(32)31-24)16-25(33)30-19(4)21-10-8-7-9-11-21/h7-15,17-19,27H,6,16H2,1-5H3,(H,30,33). The van der Waals surface area contributed by atoms with Gasteiger partial charge >= 0.3 is 5.97 Å². The molecule has 0 spiro atoms. The van der Waals surface area contributed by atoms with Crippen LogP contribution in [0.5, 0.6) is 0 Å². The predicted octanol–water partition coefficient (Wildman–Crippen LogP) is 6.22. The van der Waals surface area contributed by atoms with Crippen LogP contribution in [0.2, 0.25) is 0 Å². The first-order valence-electron chi connectivity index (χ1n) is 12.3. The number of esters is 1. The Morgan fingerprint density at radius 3 is 2.36 bits per heavy atom. The van der Waals surface area contributed by atoms with E-state index in [2.05, 4.69) is 43.4 Å². The van der Waals surface area contributed by atoms with Gasteiger partial charge in [-0.2, -0.15) is 0 Å². The molecule has 2 atom stereocenters. The Morgan fingerprint density at radius 1 is 1.06 bits per heavy atom. The summed E-state index contributed by atoms with van der Waals surface area (Å²) in [6, 6.07) is 17.7. The van der Waals surface area contributed by atoms with E-state index in [0.717, 1.165) is 27.7 Å². The predicted molar refractivity (Wildman–Crippen MR) is 145 cm³/mol. The molecule has 0 saturated carbocycles. The van der Waals surface area contributed by atoms with Crippen molar-refractivity contribution in [1.29, 1.82) is 0 Å². The summed E-state index contributed by atoms with van der Waals surface area (Å²) in [6.07, 6.45) is 0.785. The Morgan fingerprint density at radius 2 is 1.75 bits per heavy atom. The fraction of sp³-hybridized carbons (Fsp3) is 0.345. The number of nitrogens with one attached hydrogen (secondary N) is 1. The van der Waals surface area contributed by atoms with Gasteiger partial charge in [-0.05, 0) is 41.4 Å². The van der Waals surface area contributed by atoms with Gasteiger partial charge in [0.1, 0.15) is 0 Å². The van der Waals surface area contributed by atoms with Crippen LogP contribution in [0.1, 0.15) is 75.2 Å². The third-order valence-corrected chi connectivity index (χ3v) is 7.46. The van der Waals surface area contributed by atoms with E-state index < -0.39 is 12.0 Å². The first kappa shape index (κ1) is 25.8. The maximum Gasteiger partial charge on any atom is 0.338 e. The summed E-state index contributed by atoms with van der Waals surface area (Å²) in [5, 5.41) is 5.84. The average molecular weight is 504 g/mol. The number of nitrogens with zero attached hydrogens (tertiary/aromatic N) is 2. The van der Waals surface area contributed by atoms with Crippen molar-refractivity contribution in [3.63, 3.8) is 0 Å². The third-order valence-electron chi connectivity index (χ3n) is 6.57. The van der Waals surface area contributed by atoms with Gasteiger partial charge in [0, 0.05) is 5.70 Å². The number of rotatable bonds is 8. The van der Waals surface area contributed by atoms with E-state index in [4.69, 9.17) is 9.73 Å². The minimum absolute atomic E-state index is 0.0850. The molecule has 4 rings (SSSR count). The van der Waals surface area contributed by atoms with E-state index in [-0.39, 0.29) is 18.4 Å². The molecule has 188 valence electrons. The van der Waals surface area contributed by atoms with Crippen LogP contribution < -0.4 is 5.32 Å². The maximum absolute atomic E-state index is 13.1. The number of benzene rings is 2. The second-order valence-corrected chi connectivity index (χ2v) is 10.1. The number of methoxy groups -OCH3 is 1. The number of ether oxygens (including phenoxy) is 1. The van der Waals surface area contributed by atoms with Gasteiger partial charge in [0.15, 0.2) is 5.17 Å². The topological polar surface area (TPSA) is 71.0 Å². The largest absolute Gasteiger partial charge is 0.466 e. The second-order valence-electron chi connectivity index (χ2n) is 9.30. The number of allylic oxidation sites excluding steroid dienone is 1. The number of hydrogen-bond acceptors (Lipinski definition) is 6. The lowest BCUT2D eigenvalue weighted by molar-refractivity contribution is -0.136. The first-order chi connectivity index (χ1) is 17.3. The average Bonchev–Trinajstić information content (AvgIpc) is 3.29. The molecule has 0 bridgehead atoms. The molecule has 2 aliphatic rings. The Hall–Kier alpha value is -3.32. The summed E-state index contributed by atoms with van der Waals surface area (Å²) >= 11 is 1.49. The molecule has 2 aliphatic heterocycles. The van der Waals surface area contributed by atoms with Crippen molar-refractivity contribution in [2.45, 2.75) is 58.5 Å². The monoisotopic (exact) mass is 503 g/mol. The molecule has 1 amide bonds. The van der Waals surface area contributed by atoms with E-state index in [1.807, 2.05) is 54.5 Å². The summed E-state index contributed by atoms with van der Waals surface area (Å²) in [4.78, 5) is 32.9. The molecular weight excluding hydrogens is 470 g/mol. The molecule has 36 heavy (non-hydrogen) atoms. The van der Waals surface area contributed by atoms with Crippen molar-refractivity contribution in [2.75, 3.05) is 7.11 Å². The fourth-order valence-electron chi connectivity index (χ4n) is 4.57. The highest BCUT2D eigenvalue weighted by Crippen LogP contribution is 2.45. The van der Waals surface area contributed by atoms with Gasteiger partial charge in [0.05, 0.1) is 36.9 Å². The number of carbonyl (C=O) groups excluding carboxylic acids is 2. The van der Waals surface area contributed by atoms with Gasteiger partial charge in [-0.25, -0.2) is 9.79 Å². The van der Waals surface area contributed by atoms with Crippen LogP contribution >= 0.6 is 11.8 Å². The molecule has 2 aromatic rings. The maximum atomic E-state index is 13.1. The van der Waals surface area contributed by atoms with Crippen LogP contribution in [0.15, 0.2) is 82.0 Å². The number of amides is 1. The van der Waals surface area contributed by atoms with E-state index >= 15 is 0 Å². The zero-order valence-electron chi connectivity index (χ0n) is 21.4. The molecule has 2 unspecified atom stereocenters. The zero-order chi connectivity index (χ0) is 25.8. The Bertz CT molecular complexity index is 1220. The van der Waals surface area contributed by atoms with Gasteiger partial charge in [0.25, 0.3) is 0 Å². The van der Waals surface area contributed by atoms with E-state index in [0.29, 0.717) is 17.9 Å². The molecular formula is C29H33N3O3S. The second kappa shape index (κ2) is 11.2. The van der Waals surface area contributed by atoms with Gasteiger partial charge in [-0.1, -0.05) is 87.1 Å². The highest BCUT2D eigenvalue weighted by molar-refractivity contribution is 8.16. The summed E-state index contributed by atoms with van der Waals surface area (Å²) in [6.45, 7) is 8.28. The fourth-order valence-corrected chi connectivity index (χ4v) is 5.51. The SMILES string of the molecule is CCC1=C(C(=O)OC)C(c2ccc(C(C)C)cc2)N2C(CC(=O)NC(C)c3ccccc3)=CSC2=N1. The van der Waals surface area contributed by atoms with Gasteiger partial charge in [-0.3, -0.25) is 4.79 Å². The van der Waals surface area contributed by atoms with Crippen LogP contribution in [0.25, 0.3) is 0 Å². The number of thioether (sulfide) groups is 1. The molecule has 6 nitrogen and oxygen atoms in total. The van der Waals surface area contributed by atoms with Crippen molar-refractivity contribution in [2.24, 2.45) is 4.99 Å². The Balaban J connectivity index is 1.65. The zero-order valence-corrected chi connectivity index (χ0v) is 22.3. The van der Waals surface area contributed by atoms with Gasteiger partial charge in [-0.15, -0.1) is 0 Å². The summed E-state index contributed by atoms with van der Waals surface area (Å²) in [7, 11) is 1.40. The normalized spacial score (nSPS) is 17.9. The number of fused-ring (bicyclic) bond motifs is 1. The van der Waals surface area contributed by atoms with Crippen LogP contribution in [0.4, 0.5) is 0 Å². The van der Waals surface area contributed by atoms with Crippen LogP contribution in [0, 0.1) is 0 Å². The number of aliphatic imine (C=N–C) groups is 1. The molecule has 2 heterocycles. The van der Waals surface area contributed by atoms with Crippen molar-refractivity contribution >= 4 is 28.8 Å². The smallest absolute Gasteiger partial charge is 0.338 e. The van der Waals surface area contributed by atoms with E-state index in [1.165, 1.54) is 24.4 Å². The lowest BCUT2D eigenvalue weighted by Crippen LogP contribution is -2.38.